The SMILES string of the molecule is Cc1cc(NC(=O)C(C)C)on1. The van der Waals surface area contributed by atoms with E-state index in [1.54, 1.807) is 13.0 Å². The van der Waals surface area contributed by atoms with Crippen LogP contribution >= 0.6 is 0 Å². The van der Waals surface area contributed by atoms with Gasteiger partial charge in [-0.05, 0) is 6.92 Å². The van der Waals surface area contributed by atoms with Gasteiger partial charge in [-0.1, -0.05) is 19.0 Å². The average Bonchev–Trinajstić information content (AvgIpc) is 2.35. The van der Waals surface area contributed by atoms with Crippen LogP contribution in [-0.2, 0) is 4.79 Å². The highest BCUT2D eigenvalue weighted by atomic mass is 16.5. The molecule has 1 aromatic rings. The highest BCUT2D eigenvalue weighted by molar-refractivity contribution is 5.90. The minimum atomic E-state index is -0.0637. The van der Waals surface area contributed by atoms with Crippen molar-refractivity contribution in [3.63, 3.8) is 0 Å². The highest BCUT2D eigenvalue weighted by Crippen LogP contribution is 2.09. The van der Waals surface area contributed by atoms with Crippen LogP contribution in [0.4, 0.5) is 5.88 Å². The molecule has 0 unspecified atom stereocenters. The topological polar surface area (TPSA) is 55.1 Å². The number of aryl methyl sites for hydroxylation is 1. The van der Waals surface area contributed by atoms with Crippen molar-refractivity contribution in [2.24, 2.45) is 5.92 Å². The summed E-state index contributed by atoms with van der Waals surface area (Å²) in [5.74, 6) is 0.299. The van der Waals surface area contributed by atoms with Crippen molar-refractivity contribution in [3.05, 3.63) is 11.8 Å². The molecule has 0 atom stereocenters. The number of amides is 1. The Morgan fingerprint density at radius 2 is 2.33 bits per heavy atom. The molecule has 12 heavy (non-hydrogen) atoms. The third-order valence-electron chi connectivity index (χ3n) is 1.40. The summed E-state index contributed by atoms with van der Waals surface area (Å²) in [5.41, 5.74) is 0.758. The Kier molecular flexibility index (Phi) is 2.47. The minimum Gasteiger partial charge on any atom is -0.338 e. The van der Waals surface area contributed by atoms with Crippen LogP contribution in [0.2, 0.25) is 0 Å². The second-order valence-corrected chi connectivity index (χ2v) is 2.98. The third kappa shape index (κ3) is 2.08. The van der Waals surface area contributed by atoms with E-state index >= 15 is 0 Å². The van der Waals surface area contributed by atoms with Crippen LogP contribution in [0, 0.1) is 12.8 Å². The van der Waals surface area contributed by atoms with Gasteiger partial charge in [-0.15, -0.1) is 0 Å². The molecule has 4 heteroatoms. The summed E-state index contributed by atoms with van der Waals surface area (Å²) in [4.78, 5) is 11.1. The summed E-state index contributed by atoms with van der Waals surface area (Å²) in [6.07, 6.45) is 0. The maximum absolute atomic E-state index is 11.1. The number of aromatic nitrogens is 1. The number of carbonyl (C=O) groups is 1. The van der Waals surface area contributed by atoms with E-state index < -0.39 is 0 Å². The molecule has 0 radical (unpaired) electrons. The molecule has 0 spiro atoms. The van der Waals surface area contributed by atoms with E-state index in [0.29, 0.717) is 5.88 Å². The Hall–Kier alpha value is -1.32. The Balaban J connectivity index is 2.58. The van der Waals surface area contributed by atoms with Gasteiger partial charge in [0.2, 0.25) is 11.8 Å². The van der Waals surface area contributed by atoms with Crippen LogP contribution in [0.3, 0.4) is 0 Å². The first-order chi connectivity index (χ1) is 5.59. The zero-order valence-electron chi connectivity index (χ0n) is 7.42. The number of carbonyl (C=O) groups excluding carboxylic acids is 1. The molecule has 0 saturated carbocycles. The summed E-state index contributed by atoms with van der Waals surface area (Å²) >= 11 is 0. The molecule has 0 aliphatic rings. The van der Waals surface area contributed by atoms with Crippen LogP contribution < -0.4 is 5.32 Å². The summed E-state index contributed by atoms with van der Waals surface area (Å²) in [5, 5.41) is 6.23. The number of anilines is 1. The molecule has 0 bridgehead atoms. The van der Waals surface area contributed by atoms with Gasteiger partial charge >= 0.3 is 0 Å². The summed E-state index contributed by atoms with van der Waals surface area (Å²) < 4.78 is 4.80. The molecule has 1 N–H and O–H groups in total. The lowest BCUT2D eigenvalue weighted by molar-refractivity contribution is -0.119. The van der Waals surface area contributed by atoms with Crippen LogP contribution in [0.1, 0.15) is 19.5 Å². The smallest absolute Gasteiger partial charge is 0.231 e. The fourth-order valence-electron chi connectivity index (χ4n) is 0.688. The van der Waals surface area contributed by atoms with E-state index in [2.05, 4.69) is 10.5 Å². The molecular formula is C8H12N2O2. The van der Waals surface area contributed by atoms with Gasteiger partial charge in [-0.2, -0.15) is 0 Å². The second-order valence-electron chi connectivity index (χ2n) is 2.98. The number of hydrogen-bond acceptors (Lipinski definition) is 3. The zero-order valence-corrected chi connectivity index (χ0v) is 7.42. The Bertz CT molecular complexity index is 278. The van der Waals surface area contributed by atoms with Gasteiger partial charge in [0.05, 0.1) is 5.69 Å². The normalized spacial score (nSPS) is 10.3. The number of nitrogens with zero attached hydrogens (tertiary/aromatic N) is 1. The van der Waals surface area contributed by atoms with Crippen molar-refractivity contribution in [1.29, 1.82) is 0 Å². The van der Waals surface area contributed by atoms with E-state index in [1.807, 2.05) is 13.8 Å². The van der Waals surface area contributed by atoms with Gasteiger partial charge in [0.25, 0.3) is 0 Å². The van der Waals surface area contributed by atoms with Crippen molar-refractivity contribution >= 4 is 11.8 Å². The summed E-state index contributed by atoms with van der Waals surface area (Å²) in [6.45, 7) is 5.44. The second kappa shape index (κ2) is 3.38. The Labute approximate surface area is 70.9 Å². The molecule has 0 aliphatic heterocycles. The lowest BCUT2D eigenvalue weighted by atomic mass is 10.2. The van der Waals surface area contributed by atoms with E-state index in [1.165, 1.54) is 0 Å². The summed E-state index contributed by atoms with van der Waals surface area (Å²) in [6, 6.07) is 1.68. The molecule has 1 rings (SSSR count). The average molecular weight is 168 g/mol. The van der Waals surface area contributed by atoms with E-state index in [-0.39, 0.29) is 11.8 Å². The molecule has 1 amide bonds. The molecular weight excluding hydrogens is 156 g/mol. The lowest BCUT2D eigenvalue weighted by Crippen LogP contribution is -2.17. The van der Waals surface area contributed by atoms with E-state index in [9.17, 15) is 4.79 Å². The van der Waals surface area contributed by atoms with Gasteiger partial charge in [0, 0.05) is 12.0 Å². The van der Waals surface area contributed by atoms with Crippen molar-refractivity contribution in [2.45, 2.75) is 20.8 Å². The van der Waals surface area contributed by atoms with Crippen molar-refractivity contribution < 1.29 is 9.32 Å². The Morgan fingerprint density at radius 3 is 2.75 bits per heavy atom. The number of nitrogens with one attached hydrogen (secondary N) is 1. The van der Waals surface area contributed by atoms with Crippen LogP contribution in [0.5, 0.6) is 0 Å². The van der Waals surface area contributed by atoms with Gasteiger partial charge in [-0.3, -0.25) is 10.1 Å². The molecule has 0 aromatic carbocycles. The van der Waals surface area contributed by atoms with Crippen LogP contribution in [0.15, 0.2) is 10.6 Å². The molecule has 4 nitrogen and oxygen atoms in total. The fraction of sp³-hybridized carbons (Fsp3) is 0.500. The fourth-order valence-corrected chi connectivity index (χ4v) is 0.688. The molecule has 0 aliphatic carbocycles. The van der Waals surface area contributed by atoms with Crippen LogP contribution in [0.25, 0.3) is 0 Å². The quantitative estimate of drug-likeness (QED) is 0.729. The molecule has 1 aromatic heterocycles. The molecule has 66 valence electrons. The minimum absolute atomic E-state index is 0.0459. The third-order valence-corrected chi connectivity index (χ3v) is 1.40. The van der Waals surface area contributed by atoms with Crippen molar-refractivity contribution in [1.82, 2.24) is 5.16 Å². The molecule has 1 heterocycles. The van der Waals surface area contributed by atoms with Crippen molar-refractivity contribution in [2.75, 3.05) is 5.32 Å². The lowest BCUT2D eigenvalue weighted by Gasteiger charge is -2.02. The van der Waals surface area contributed by atoms with E-state index in [0.717, 1.165) is 5.69 Å². The predicted octanol–water partition coefficient (Wildman–Crippen LogP) is 1.58. The van der Waals surface area contributed by atoms with Gasteiger partial charge < -0.3 is 4.52 Å². The van der Waals surface area contributed by atoms with Gasteiger partial charge in [0.15, 0.2) is 0 Å². The van der Waals surface area contributed by atoms with Crippen LogP contribution in [-0.4, -0.2) is 11.1 Å². The number of hydrogen-bond donors (Lipinski definition) is 1. The monoisotopic (exact) mass is 168 g/mol. The van der Waals surface area contributed by atoms with Gasteiger partial charge in [0.1, 0.15) is 0 Å². The Morgan fingerprint density at radius 1 is 1.67 bits per heavy atom. The highest BCUT2D eigenvalue weighted by Gasteiger charge is 2.09. The predicted molar refractivity (Wildman–Crippen MR) is 44.7 cm³/mol. The number of rotatable bonds is 2. The van der Waals surface area contributed by atoms with Gasteiger partial charge in [-0.25, -0.2) is 0 Å². The van der Waals surface area contributed by atoms with E-state index in [4.69, 9.17) is 4.52 Å². The maximum atomic E-state index is 11.1. The molecule has 0 saturated heterocycles. The zero-order chi connectivity index (χ0) is 9.14. The maximum Gasteiger partial charge on any atom is 0.231 e. The standard InChI is InChI=1S/C8H12N2O2/c1-5(2)8(11)9-7-4-6(3)10-12-7/h4-5H,1-3H3,(H,9,11). The largest absolute Gasteiger partial charge is 0.338 e. The first-order valence-electron chi connectivity index (χ1n) is 3.84. The first kappa shape index (κ1) is 8.77. The molecule has 0 fully saturated rings. The summed E-state index contributed by atoms with van der Waals surface area (Å²) in [7, 11) is 0. The first-order valence-corrected chi connectivity index (χ1v) is 3.84. The van der Waals surface area contributed by atoms with Crippen molar-refractivity contribution in [3.8, 4) is 0 Å².